The zero-order chi connectivity index (χ0) is 12.0. The Kier molecular flexibility index (Phi) is 5.93. The van der Waals surface area contributed by atoms with Crippen molar-refractivity contribution >= 4 is 11.9 Å². The van der Waals surface area contributed by atoms with Crippen molar-refractivity contribution in [3.63, 3.8) is 0 Å². The molecule has 2 unspecified atom stereocenters. The molecular formula is C10H19NO4. The second kappa shape index (κ2) is 6.40. The van der Waals surface area contributed by atoms with Crippen LogP contribution in [-0.4, -0.2) is 46.7 Å². The van der Waals surface area contributed by atoms with Gasteiger partial charge in [0.15, 0.2) is 0 Å². The molecule has 0 aromatic carbocycles. The Morgan fingerprint density at radius 2 is 1.87 bits per heavy atom. The number of hydrogen-bond acceptors (Lipinski definition) is 3. The molecule has 0 rings (SSSR count). The minimum Gasteiger partial charge on any atom is -0.481 e. The smallest absolute Gasteiger partial charge is 0.321 e. The van der Waals surface area contributed by atoms with E-state index in [-0.39, 0.29) is 18.9 Å². The van der Waals surface area contributed by atoms with Gasteiger partial charge < -0.3 is 10.2 Å². The summed E-state index contributed by atoms with van der Waals surface area (Å²) < 4.78 is 0. The molecule has 0 aromatic rings. The molecule has 0 aliphatic rings. The molecule has 2 N–H and O–H groups in total. The minimum absolute atomic E-state index is 0.0151. The lowest BCUT2D eigenvalue weighted by Crippen LogP contribution is -2.43. The number of rotatable bonds is 7. The molecule has 0 aromatic heterocycles. The van der Waals surface area contributed by atoms with E-state index in [0.29, 0.717) is 0 Å². The standard InChI is InChI=1S/C10H19NO4/c1-4-7(2)9(10(14)15)11(3)6-5-8(12)13/h7,9H,4-6H2,1-3H3,(H,12,13)(H,14,15). The molecule has 0 spiro atoms. The highest BCUT2D eigenvalue weighted by molar-refractivity contribution is 5.74. The molecule has 15 heavy (non-hydrogen) atoms. The molecule has 0 aliphatic heterocycles. The van der Waals surface area contributed by atoms with Crippen molar-refractivity contribution in [1.82, 2.24) is 4.90 Å². The van der Waals surface area contributed by atoms with Gasteiger partial charge in [0.2, 0.25) is 0 Å². The van der Waals surface area contributed by atoms with Crippen LogP contribution in [0.25, 0.3) is 0 Å². The third kappa shape index (κ3) is 4.78. The van der Waals surface area contributed by atoms with E-state index in [4.69, 9.17) is 10.2 Å². The largest absolute Gasteiger partial charge is 0.481 e. The number of carboxylic acids is 2. The summed E-state index contributed by atoms with van der Waals surface area (Å²) in [6.45, 7) is 4.04. The van der Waals surface area contributed by atoms with Crippen LogP contribution in [-0.2, 0) is 9.59 Å². The summed E-state index contributed by atoms with van der Waals surface area (Å²) >= 11 is 0. The number of hydrogen-bond donors (Lipinski definition) is 2. The van der Waals surface area contributed by atoms with E-state index in [9.17, 15) is 9.59 Å². The first kappa shape index (κ1) is 13.9. The molecule has 0 radical (unpaired) electrons. The van der Waals surface area contributed by atoms with Gasteiger partial charge in [0.25, 0.3) is 0 Å². The van der Waals surface area contributed by atoms with Crippen LogP contribution in [0.4, 0.5) is 0 Å². The van der Waals surface area contributed by atoms with Crippen molar-refractivity contribution in [2.45, 2.75) is 32.7 Å². The second-order valence-corrected chi connectivity index (χ2v) is 3.79. The van der Waals surface area contributed by atoms with Gasteiger partial charge in [0.05, 0.1) is 6.42 Å². The van der Waals surface area contributed by atoms with Crippen LogP contribution in [0.15, 0.2) is 0 Å². The Morgan fingerprint density at radius 3 is 2.20 bits per heavy atom. The summed E-state index contributed by atoms with van der Waals surface area (Å²) in [5.74, 6) is -1.78. The maximum Gasteiger partial charge on any atom is 0.321 e. The van der Waals surface area contributed by atoms with E-state index in [1.54, 1.807) is 11.9 Å². The number of nitrogens with zero attached hydrogens (tertiary/aromatic N) is 1. The van der Waals surface area contributed by atoms with Gasteiger partial charge in [0, 0.05) is 6.54 Å². The van der Waals surface area contributed by atoms with E-state index in [1.165, 1.54) is 0 Å². The Bertz CT molecular complexity index is 229. The average molecular weight is 217 g/mol. The number of carboxylic acid groups (broad SMARTS) is 2. The Morgan fingerprint density at radius 1 is 1.33 bits per heavy atom. The van der Waals surface area contributed by atoms with Crippen LogP contribution >= 0.6 is 0 Å². The summed E-state index contributed by atoms with van der Waals surface area (Å²) in [5, 5.41) is 17.5. The van der Waals surface area contributed by atoms with Gasteiger partial charge in [-0.1, -0.05) is 20.3 Å². The van der Waals surface area contributed by atoms with Crippen molar-refractivity contribution in [3.8, 4) is 0 Å². The van der Waals surface area contributed by atoms with Gasteiger partial charge in [-0.05, 0) is 13.0 Å². The molecule has 0 aliphatic carbocycles. The van der Waals surface area contributed by atoms with Gasteiger partial charge in [0.1, 0.15) is 6.04 Å². The first-order chi connectivity index (χ1) is 6.90. The molecule has 5 nitrogen and oxygen atoms in total. The third-order valence-electron chi connectivity index (χ3n) is 2.59. The SMILES string of the molecule is CCC(C)C(C(=O)O)N(C)CCC(=O)O. The fraction of sp³-hybridized carbons (Fsp3) is 0.800. The highest BCUT2D eigenvalue weighted by atomic mass is 16.4. The predicted octanol–water partition coefficient (Wildman–Crippen LogP) is 0.892. The second-order valence-electron chi connectivity index (χ2n) is 3.79. The molecule has 2 atom stereocenters. The minimum atomic E-state index is -0.907. The van der Waals surface area contributed by atoms with Crippen LogP contribution in [0.5, 0.6) is 0 Å². The Hall–Kier alpha value is -1.10. The predicted molar refractivity (Wildman–Crippen MR) is 55.8 cm³/mol. The Labute approximate surface area is 89.7 Å². The van der Waals surface area contributed by atoms with Crippen molar-refractivity contribution in [1.29, 1.82) is 0 Å². The fourth-order valence-electron chi connectivity index (χ4n) is 1.50. The molecule has 0 bridgehead atoms. The van der Waals surface area contributed by atoms with Crippen molar-refractivity contribution < 1.29 is 19.8 Å². The molecule has 5 heteroatoms. The van der Waals surface area contributed by atoms with Crippen molar-refractivity contribution in [2.24, 2.45) is 5.92 Å². The highest BCUT2D eigenvalue weighted by Crippen LogP contribution is 2.13. The first-order valence-corrected chi connectivity index (χ1v) is 5.05. The van der Waals surface area contributed by atoms with Crippen molar-refractivity contribution in [2.75, 3.05) is 13.6 Å². The van der Waals surface area contributed by atoms with E-state index in [1.807, 2.05) is 13.8 Å². The molecule has 0 fully saturated rings. The molecule has 0 heterocycles. The van der Waals surface area contributed by atoms with E-state index in [0.717, 1.165) is 6.42 Å². The van der Waals surface area contributed by atoms with Crippen LogP contribution in [0.2, 0.25) is 0 Å². The monoisotopic (exact) mass is 217 g/mol. The lowest BCUT2D eigenvalue weighted by molar-refractivity contribution is -0.146. The van der Waals surface area contributed by atoms with E-state index in [2.05, 4.69) is 0 Å². The van der Waals surface area contributed by atoms with Gasteiger partial charge >= 0.3 is 11.9 Å². The topological polar surface area (TPSA) is 77.8 Å². The molecule has 0 amide bonds. The zero-order valence-electron chi connectivity index (χ0n) is 9.43. The molecule has 88 valence electrons. The number of likely N-dealkylation sites (N-methyl/N-ethyl adjacent to an activating group) is 1. The zero-order valence-corrected chi connectivity index (χ0v) is 9.43. The van der Waals surface area contributed by atoms with Crippen LogP contribution in [0.1, 0.15) is 26.7 Å². The third-order valence-corrected chi connectivity index (χ3v) is 2.59. The van der Waals surface area contributed by atoms with Crippen LogP contribution in [0, 0.1) is 5.92 Å². The summed E-state index contributed by atoms with van der Waals surface area (Å²) in [7, 11) is 1.65. The quantitative estimate of drug-likeness (QED) is 0.662. The summed E-state index contributed by atoms with van der Waals surface area (Å²) in [4.78, 5) is 22.9. The van der Waals surface area contributed by atoms with Crippen LogP contribution in [0.3, 0.4) is 0 Å². The van der Waals surface area contributed by atoms with Gasteiger partial charge in [-0.2, -0.15) is 0 Å². The summed E-state index contributed by atoms with van der Waals surface area (Å²) in [6.07, 6.45) is 0.727. The molecule has 0 saturated heterocycles. The maximum absolute atomic E-state index is 11.0. The maximum atomic E-state index is 11.0. The number of aliphatic carboxylic acids is 2. The van der Waals surface area contributed by atoms with Crippen LogP contribution < -0.4 is 0 Å². The molecule has 0 saturated carbocycles. The van der Waals surface area contributed by atoms with Gasteiger partial charge in [-0.3, -0.25) is 14.5 Å². The summed E-state index contributed by atoms with van der Waals surface area (Å²) in [6, 6.07) is -0.602. The summed E-state index contributed by atoms with van der Waals surface area (Å²) in [5.41, 5.74) is 0. The average Bonchev–Trinajstić information content (AvgIpc) is 2.14. The molecular weight excluding hydrogens is 198 g/mol. The fourth-order valence-corrected chi connectivity index (χ4v) is 1.50. The number of carbonyl (C=O) groups is 2. The Balaban J connectivity index is 4.35. The van der Waals surface area contributed by atoms with Gasteiger partial charge in [-0.15, -0.1) is 0 Å². The van der Waals surface area contributed by atoms with E-state index < -0.39 is 18.0 Å². The van der Waals surface area contributed by atoms with E-state index >= 15 is 0 Å². The first-order valence-electron chi connectivity index (χ1n) is 5.05. The lowest BCUT2D eigenvalue weighted by atomic mass is 9.98. The highest BCUT2D eigenvalue weighted by Gasteiger charge is 2.27. The van der Waals surface area contributed by atoms with Gasteiger partial charge in [-0.25, -0.2) is 0 Å². The lowest BCUT2D eigenvalue weighted by Gasteiger charge is -2.28. The normalized spacial score (nSPS) is 14.9. The van der Waals surface area contributed by atoms with Crippen molar-refractivity contribution in [3.05, 3.63) is 0 Å².